The van der Waals surface area contributed by atoms with Crippen LogP contribution in [0.4, 0.5) is 5.69 Å². The van der Waals surface area contributed by atoms with E-state index >= 15 is 0 Å². The predicted octanol–water partition coefficient (Wildman–Crippen LogP) is 2.21. The third kappa shape index (κ3) is 5.42. The highest BCUT2D eigenvalue weighted by Crippen LogP contribution is 2.31. The first kappa shape index (κ1) is 26.2. The first-order valence-corrected chi connectivity index (χ1v) is 14.1. The number of unbranched alkanes of at least 4 members (excludes halogenated alkanes) is 3. The second-order valence-electron chi connectivity index (χ2n) is 9.50. The van der Waals surface area contributed by atoms with Gasteiger partial charge in [0, 0.05) is 42.7 Å². The molecule has 1 aromatic heterocycles. The van der Waals surface area contributed by atoms with Crippen molar-refractivity contribution in [2.75, 3.05) is 43.9 Å². The van der Waals surface area contributed by atoms with Gasteiger partial charge in [0.25, 0.3) is 11.8 Å². The van der Waals surface area contributed by atoms with Crippen molar-refractivity contribution in [1.29, 1.82) is 0 Å². The molecule has 2 amide bonds. The molecule has 1 saturated heterocycles. The molecule has 3 heterocycles. The SMILES string of the molecule is CC1=C(CCCCCCN2CCN(S(C)(=O)=O)CC2)C(=O)N(c2ccc3c(=O)onc(C)c3c2)C1=O. The molecule has 0 N–H and O–H groups in total. The van der Waals surface area contributed by atoms with E-state index in [1.165, 1.54) is 15.5 Å². The summed E-state index contributed by atoms with van der Waals surface area (Å²) in [5, 5.41) is 4.64. The molecule has 194 valence electrons. The number of carbonyl (C=O) groups is 2. The Morgan fingerprint density at radius 3 is 2.31 bits per heavy atom. The predicted molar refractivity (Wildman–Crippen MR) is 136 cm³/mol. The summed E-state index contributed by atoms with van der Waals surface area (Å²) in [5.41, 5.74) is 1.36. The van der Waals surface area contributed by atoms with Crippen molar-refractivity contribution in [2.45, 2.75) is 46.0 Å². The van der Waals surface area contributed by atoms with Crippen molar-refractivity contribution in [3.8, 4) is 0 Å². The molecular formula is C25H32N4O6S. The fraction of sp³-hybridized carbons (Fsp3) is 0.520. The van der Waals surface area contributed by atoms with E-state index in [1.807, 2.05) is 0 Å². The highest BCUT2D eigenvalue weighted by atomic mass is 32.2. The summed E-state index contributed by atoms with van der Waals surface area (Å²) >= 11 is 0. The lowest BCUT2D eigenvalue weighted by Crippen LogP contribution is -2.48. The van der Waals surface area contributed by atoms with Gasteiger partial charge >= 0.3 is 5.63 Å². The minimum atomic E-state index is -3.11. The molecule has 1 fully saturated rings. The number of carbonyl (C=O) groups excluding carboxylic acids is 2. The minimum Gasteiger partial charge on any atom is -0.313 e. The first-order chi connectivity index (χ1) is 17.1. The third-order valence-corrected chi connectivity index (χ3v) is 8.33. The number of hydrogen-bond donors (Lipinski definition) is 0. The molecule has 2 aliphatic heterocycles. The fourth-order valence-electron chi connectivity index (χ4n) is 4.85. The van der Waals surface area contributed by atoms with Crippen LogP contribution >= 0.6 is 0 Å². The number of piperazine rings is 1. The van der Waals surface area contributed by atoms with Crippen LogP contribution in [-0.2, 0) is 19.6 Å². The van der Waals surface area contributed by atoms with Crippen LogP contribution in [0.1, 0.15) is 44.7 Å². The van der Waals surface area contributed by atoms with Crippen LogP contribution in [0.3, 0.4) is 0 Å². The minimum absolute atomic E-state index is 0.311. The number of sulfonamides is 1. The number of aromatic nitrogens is 1. The summed E-state index contributed by atoms with van der Waals surface area (Å²) in [4.78, 5) is 41.4. The quantitative estimate of drug-likeness (QED) is 0.367. The molecular weight excluding hydrogens is 484 g/mol. The Labute approximate surface area is 210 Å². The maximum Gasteiger partial charge on any atom is 0.366 e. The fourth-order valence-corrected chi connectivity index (χ4v) is 5.67. The van der Waals surface area contributed by atoms with Crippen LogP contribution in [0, 0.1) is 6.92 Å². The third-order valence-electron chi connectivity index (χ3n) is 7.03. The zero-order valence-electron chi connectivity index (χ0n) is 20.9. The monoisotopic (exact) mass is 516 g/mol. The van der Waals surface area contributed by atoms with Gasteiger partial charge in [0.05, 0.1) is 23.0 Å². The molecule has 0 saturated carbocycles. The highest BCUT2D eigenvalue weighted by Gasteiger charge is 2.36. The van der Waals surface area contributed by atoms with E-state index in [-0.39, 0.29) is 11.8 Å². The maximum absolute atomic E-state index is 13.1. The van der Waals surface area contributed by atoms with Gasteiger partial charge in [0.2, 0.25) is 10.0 Å². The summed E-state index contributed by atoms with van der Waals surface area (Å²) in [6.07, 6.45) is 5.55. The van der Waals surface area contributed by atoms with Crippen LogP contribution in [0.15, 0.2) is 38.7 Å². The van der Waals surface area contributed by atoms with E-state index in [2.05, 4.69) is 10.1 Å². The van der Waals surface area contributed by atoms with Gasteiger partial charge < -0.3 is 9.42 Å². The van der Waals surface area contributed by atoms with Crippen LogP contribution < -0.4 is 10.5 Å². The Balaban J connectivity index is 1.27. The number of rotatable bonds is 9. The second kappa shape index (κ2) is 10.6. The molecule has 1 aromatic carbocycles. The Morgan fingerprint density at radius 2 is 1.61 bits per heavy atom. The van der Waals surface area contributed by atoms with Gasteiger partial charge in [0.1, 0.15) is 0 Å². The summed E-state index contributed by atoms with van der Waals surface area (Å²) in [7, 11) is -3.11. The van der Waals surface area contributed by atoms with E-state index in [0.717, 1.165) is 45.3 Å². The molecule has 11 heteroatoms. The number of fused-ring (bicyclic) bond motifs is 1. The smallest absolute Gasteiger partial charge is 0.313 e. The van der Waals surface area contributed by atoms with Gasteiger partial charge in [-0.05, 0) is 57.9 Å². The molecule has 36 heavy (non-hydrogen) atoms. The lowest BCUT2D eigenvalue weighted by molar-refractivity contribution is -0.120. The first-order valence-electron chi connectivity index (χ1n) is 12.2. The standard InChI is InChI=1S/C25H32N4O6S/c1-17-20(8-6-4-5-7-11-27-12-14-28(15-13-27)36(3,33)34)24(31)29(23(17)30)19-9-10-21-22(16-19)18(2)26-35-25(21)32/h9-10,16H,4-8,11-15H2,1-3H3. The molecule has 4 rings (SSSR count). The second-order valence-corrected chi connectivity index (χ2v) is 11.5. The molecule has 0 bridgehead atoms. The molecule has 0 unspecified atom stereocenters. The molecule has 0 aliphatic carbocycles. The van der Waals surface area contributed by atoms with Crippen molar-refractivity contribution < 1.29 is 22.5 Å². The lowest BCUT2D eigenvalue weighted by atomic mass is 10.0. The average molecular weight is 517 g/mol. The van der Waals surface area contributed by atoms with Crippen LogP contribution in [0.2, 0.25) is 0 Å². The molecule has 2 aromatic rings. The number of hydrogen-bond acceptors (Lipinski definition) is 8. The van der Waals surface area contributed by atoms with Gasteiger partial charge in [0.15, 0.2) is 0 Å². The van der Waals surface area contributed by atoms with Gasteiger partial charge in [-0.3, -0.25) is 9.59 Å². The number of anilines is 1. The average Bonchev–Trinajstić information content (AvgIpc) is 3.06. The van der Waals surface area contributed by atoms with Gasteiger partial charge in [-0.25, -0.2) is 18.1 Å². The van der Waals surface area contributed by atoms with Crippen molar-refractivity contribution in [1.82, 2.24) is 14.4 Å². The largest absolute Gasteiger partial charge is 0.366 e. The molecule has 0 radical (unpaired) electrons. The molecule has 0 atom stereocenters. The lowest BCUT2D eigenvalue weighted by Gasteiger charge is -2.33. The number of amides is 2. The molecule has 0 spiro atoms. The van der Waals surface area contributed by atoms with E-state index < -0.39 is 15.6 Å². The van der Waals surface area contributed by atoms with Crippen LogP contribution in [0.5, 0.6) is 0 Å². The van der Waals surface area contributed by atoms with Gasteiger partial charge in [-0.15, -0.1) is 0 Å². The highest BCUT2D eigenvalue weighted by molar-refractivity contribution is 7.88. The van der Waals surface area contributed by atoms with Crippen LogP contribution in [0.25, 0.3) is 10.8 Å². The van der Waals surface area contributed by atoms with Crippen molar-refractivity contribution in [3.63, 3.8) is 0 Å². The molecule has 2 aliphatic rings. The normalized spacial score (nSPS) is 18.1. The zero-order valence-corrected chi connectivity index (χ0v) is 21.8. The number of aryl methyl sites for hydroxylation is 1. The van der Waals surface area contributed by atoms with Gasteiger partial charge in [-0.1, -0.05) is 18.0 Å². The number of benzene rings is 1. The van der Waals surface area contributed by atoms with E-state index in [1.54, 1.807) is 32.0 Å². The van der Waals surface area contributed by atoms with Crippen molar-refractivity contribution in [3.05, 3.63) is 45.5 Å². The Morgan fingerprint density at radius 1 is 0.917 bits per heavy atom. The Hall–Kier alpha value is -2.89. The van der Waals surface area contributed by atoms with Crippen LogP contribution in [-0.4, -0.2) is 73.6 Å². The van der Waals surface area contributed by atoms with Crippen molar-refractivity contribution in [2.24, 2.45) is 0 Å². The van der Waals surface area contributed by atoms with E-state index in [4.69, 9.17) is 4.52 Å². The summed E-state index contributed by atoms with van der Waals surface area (Å²) < 4.78 is 29.5. The Kier molecular flexibility index (Phi) is 7.72. The Bertz CT molecular complexity index is 1370. The summed E-state index contributed by atoms with van der Waals surface area (Å²) in [6.45, 7) is 6.90. The topological polar surface area (TPSA) is 121 Å². The zero-order chi connectivity index (χ0) is 26.0. The van der Waals surface area contributed by atoms with E-state index in [0.29, 0.717) is 52.8 Å². The number of imide groups is 1. The summed E-state index contributed by atoms with van der Waals surface area (Å²) in [6, 6.07) is 4.77. The summed E-state index contributed by atoms with van der Waals surface area (Å²) in [5.74, 6) is -0.648. The van der Waals surface area contributed by atoms with Gasteiger partial charge in [-0.2, -0.15) is 4.31 Å². The van der Waals surface area contributed by atoms with E-state index in [9.17, 15) is 22.8 Å². The van der Waals surface area contributed by atoms with Crippen molar-refractivity contribution >= 4 is 38.3 Å². The maximum atomic E-state index is 13.1. The number of nitrogens with zero attached hydrogens (tertiary/aromatic N) is 4. The molecule has 10 nitrogen and oxygen atoms in total.